The van der Waals surface area contributed by atoms with Crippen LogP contribution in [0, 0.1) is 5.82 Å². The van der Waals surface area contributed by atoms with Gasteiger partial charge in [-0.25, -0.2) is 4.39 Å². The fourth-order valence-corrected chi connectivity index (χ4v) is 2.92. The highest BCUT2D eigenvalue weighted by atomic mass is 19.1. The zero-order valence-electron chi connectivity index (χ0n) is 13.5. The third-order valence-corrected chi connectivity index (χ3v) is 4.26. The van der Waals surface area contributed by atoms with Crippen molar-refractivity contribution in [2.24, 2.45) is 0 Å². The van der Waals surface area contributed by atoms with Gasteiger partial charge in [-0.15, -0.1) is 0 Å². The van der Waals surface area contributed by atoms with Crippen LogP contribution < -0.4 is 5.32 Å². The fourth-order valence-electron chi connectivity index (χ4n) is 2.92. The first-order valence-corrected chi connectivity index (χ1v) is 8.22. The fraction of sp³-hybridized carbons (Fsp3) is 0.250. The lowest BCUT2D eigenvalue weighted by molar-refractivity contribution is -0.116. The largest absolute Gasteiger partial charge is 0.351 e. The molecule has 2 aromatic carbocycles. The Kier molecular flexibility index (Phi) is 5.39. The van der Waals surface area contributed by atoms with Gasteiger partial charge >= 0.3 is 0 Å². The predicted octanol–water partition coefficient (Wildman–Crippen LogP) is 3.01. The minimum absolute atomic E-state index is 0.198. The Hall–Kier alpha value is -2.46. The maximum atomic E-state index is 13.5. The van der Waals surface area contributed by atoms with Crippen molar-refractivity contribution in [3.05, 3.63) is 77.1 Å². The van der Waals surface area contributed by atoms with Crippen molar-refractivity contribution in [3.8, 4) is 0 Å². The predicted molar refractivity (Wildman–Crippen MR) is 93.9 cm³/mol. The van der Waals surface area contributed by atoms with Crippen molar-refractivity contribution in [3.63, 3.8) is 0 Å². The second kappa shape index (κ2) is 7.88. The Labute approximate surface area is 141 Å². The lowest BCUT2D eigenvalue weighted by Gasteiger charge is -2.28. The van der Waals surface area contributed by atoms with Gasteiger partial charge in [-0.3, -0.25) is 9.69 Å². The summed E-state index contributed by atoms with van der Waals surface area (Å²) in [5.41, 5.74) is 3.21. The summed E-state index contributed by atoms with van der Waals surface area (Å²) in [7, 11) is 0. The van der Waals surface area contributed by atoms with Crippen LogP contribution in [0.2, 0.25) is 0 Å². The van der Waals surface area contributed by atoms with Crippen LogP contribution in [0.1, 0.15) is 16.7 Å². The summed E-state index contributed by atoms with van der Waals surface area (Å²) < 4.78 is 13.5. The standard InChI is InChI=1S/C20H21FN2O/c21-19-8-4-3-6-17(19)9-10-20(24)22-12-14-23-13-11-16-5-1-2-7-18(16)15-23/h1-10H,11-15H2,(H,22,24). The summed E-state index contributed by atoms with van der Waals surface area (Å²) in [5, 5.41) is 2.85. The summed E-state index contributed by atoms with van der Waals surface area (Å²) in [6, 6.07) is 14.9. The van der Waals surface area contributed by atoms with E-state index in [9.17, 15) is 9.18 Å². The van der Waals surface area contributed by atoms with Crippen molar-refractivity contribution < 1.29 is 9.18 Å². The van der Waals surface area contributed by atoms with Crippen LogP contribution in [0.15, 0.2) is 54.6 Å². The quantitative estimate of drug-likeness (QED) is 0.858. The SMILES string of the molecule is O=C(C=Cc1ccccc1F)NCCN1CCc2ccccc2C1. The normalized spacial score (nSPS) is 14.5. The molecule has 24 heavy (non-hydrogen) atoms. The minimum Gasteiger partial charge on any atom is -0.351 e. The number of fused-ring (bicyclic) bond motifs is 1. The number of rotatable bonds is 5. The molecule has 1 N–H and O–H groups in total. The van der Waals surface area contributed by atoms with Crippen molar-refractivity contribution in [2.45, 2.75) is 13.0 Å². The molecule has 1 aliphatic heterocycles. The number of nitrogens with one attached hydrogen (secondary N) is 1. The molecule has 1 heterocycles. The molecule has 3 nitrogen and oxygen atoms in total. The number of amides is 1. The number of carbonyl (C=O) groups is 1. The molecule has 0 aliphatic carbocycles. The molecule has 4 heteroatoms. The topological polar surface area (TPSA) is 32.3 Å². The molecule has 3 rings (SSSR count). The smallest absolute Gasteiger partial charge is 0.244 e. The molecular weight excluding hydrogens is 303 g/mol. The van der Waals surface area contributed by atoms with Gasteiger partial charge in [0.05, 0.1) is 0 Å². The highest BCUT2D eigenvalue weighted by molar-refractivity contribution is 5.91. The van der Waals surface area contributed by atoms with E-state index >= 15 is 0 Å². The monoisotopic (exact) mass is 324 g/mol. The maximum absolute atomic E-state index is 13.5. The van der Waals surface area contributed by atoms with E-state index in [4.69, 9.17) is 0 Å². The van der Waals surface area contributed by atoms with E-state index in [2.05, 4.69) is 34.5 Å². The Morgan fingerprint density at radius 2 is 1.88 bits per heavy atom. The molecule has 2 aromatic rings. The second-order valence-electron chi connectivity index (χ2n) is 5.94. The van der Waals surface area contributed by atoms with Gasteiger partial charge in [-0.1, -0.05) is 42.5 Å². The molecule has 0 spiro atoms. The third-order valence-electron chi connectivity index (χ3n) is 4.26. The van der Waals surface area contributed by atoms with Gasteiger partial charge in [0, 0.05) is 37.8 Å². The molecule has 0 atom stereocenters. The van der Waals surface area contributed by atoms with Crippen molar-refractivity contribution in [1.82, 2.24) is 10.2 Å². The minimum atomic E-state index is -0.325. The highest BCUT2D eigenvalue weighted by Crippen LogP contribution is 2.17. The van der Waals surface area contributed by atoms with E-state index in [1.54, 1.807) is 18.2 Å². The Morgan fingerprint density at radius 3 is 2.71 bits per heavy atom. The number of benzene rings is 2. The van der Waals surface area contributed by atoms with Crippen LogP contribution in [0.5, 0.6) is 0 Å². The van der Waals surface area contributed by atoms with Crippen molar-refractivity contribution >= 4 is 12.0 Å². The average molecular weight is 324 g/mol. The third kappa shape index (κ3) is 4.30. The highest BCUT2D eigenvalue weighted by Gasteiger charge is 2.14. The van der Waals surface area contributed by atoms with E-state index in [0.717, 1.165) is 26.1 Å². The Bertz CT molecular complexity index is 742. The molecular formula is C20H21FN2O. The van der Waals surface area contributed by atoms with E-state index < -0.39 is 0 Å². The summed E-state index contributed by atoms with van der Waals surface area (Å²) in [6.45, 7) is 3.34. The molecule has 124 valence electrons. The van der Waals surface area contributed by atoms with Crippen molar-refractivity contribution in [2.75, 3.05) is 19.6 Å². The van der Waals surface area contributed by atoms with Crippen LogP contribution in [0.3, 0.4) is 0 Å². The maximum Gasteiger partial charge on any atom is 0.244 e. The first-order chi connectivity index (χ1) is 11.7. The molecule has 0 unspecified atom stereocenters. The Morgan fingerprint density at radius 1 is 1.12 bits per heavy atom. The molecule has 0 radical (unpaired) electrons. The summed E-state index contributed by atoms with van der Waals surface area (Å²) in [4.78, 5) is 14.2. The number of hydrogen-bond acceptors (Lipinski definition) is 2. The van der Waals surface area contributed by atoms with Crippen LogP contribution in [0.4, 0.5) is 4.39 Å². The van der Waals surface area contributed by atoms with E-state index in [-0.39, 0.29) is 11.7 Å². The van der Waals surface area contributed by atoms with Gasteiger partial charge in [0.25, 0.3) is 0 Å². The number of nitrogens with zero attached hydrogens (tertiary/aromatic N) is 1. The molecule has 0 saturated carbocycles. The zero-order valence-corrected chi connectivity index (χ0v) is 13.5. The lowest BCUT2D eigenvalue weighted by atomic mass is 10.00. The first kappa shape index (κ1) is 16.4. The molecule has 0 fully saturated rings. The Balaban J connectivity index is 1.44. The van der Waals surface area contributed by atoms with Gasteiger partial charge in [0.2, 0.25) is 5.91 Å². The van der Waals surface area contributed by atoms with E-state index in [0.29, 0.717) is 12.1 Å². The summed E-state index contributed by atoms with van der Waals surface area (Å²) in [6.07, 6.45) is 3.93. The van der Waals surface area contributed by atoms with Gasteiger partial charge in [-0.05, 0) is 29.7 Å². The van der Waals surface area contributed by atoms with Gasteiger partial charge in [0.1, 0.15) is 5.82 Å². The summed E-state index contributed by atoms with van der Waals surface area (Å²) >= 11 is 0. The number of carbonyl (C=O) groups excluding carboxylic acids is 1. The van der Waals surface area contributed by atoms with Crippen molar-refractivity contribution in [1.29, 1.82) is 0 Å². The van der Waals surface area contributed by atoms with E-state index in [1.165, 1.54) is 29.3 Å². The van der Waals surface area contributed by atoms with Crippen LogP contribution >= 0.6 is 0 Å². The summed E-state index contributed by atoms with van der Waals surface area (Å²) in [5.74, 6) is -0.524. The molecule has 0 aromatic heterocycles. The van der Waals surface area contributed by atoms with Gasteiger partial charge < -0.3 is 5.32 Å². The van der Waals surface area contributed by atoms with Crippen LogP contribution in [-0.2, 0) is 17.8 Å². The molecule has 0 bridgehead atoms. The number of hydrogen-bond donors (Lipinski definition) is 1. The van der Waals surface area contributed by atoms with Crippen LogP contribution in [-0.4, -0.2) is 30.4 Å². The molecule has 1 aliphatic rings. The first-order valence-electron chi connectivity index (χ1n) is 8.22. The number of halogens is 1. The second-order valence-corrected chi connectivity index (χ2v) is 5.94. The zero-order chi connectivity index (χ0) is 16.8. The van der Waals surface area contributed by atoms with Gasteiger partial charge in [-0.2, -0.15) is 0 Å². The lowest BCUT2D eigenvalue weighted by Crippen LogP contribution is -2.37. The van der Waals surface area contributed by atoms with Crippen LogP contribution in [0.25, 0.3) is 6.08 Å². The van der Waals surface area contributed by atoms with E-state index in [1.807, 2.05) is 0 Å². The average Bonchev–Trinajstić information content (AvgIpc) is 2.61. The molecule has 1 amide bonds. The molecule has 0 saturated heterocycles. The van der Waals surface area contributed by atoms with Gasteiger partial charge in [0.15, 0.2) is 0 Å².